The van der Waals surface area contributed by atoms with Gasteiger partial charge in [-0.05, 0) is 49.2 Å². The van der Waals surface area contributed by atoms with Crippen LogP contribution in [0.15, 0.2) is 42.5 Å². The summed E-state index contributed by atoms with van der Waals surface area (Å²) in [4.78, 5) is 31.2. The number of anilines is 2. The molecule has 2 saturated heterocycles. The Morgan fingerprint density at radius 2 is 1.77 bits per heavy atom. The van der Waals surface area contributed by atoms with E-state index >= 15 is 0 Å². The number of carbonyl (C=O) groups is 2. The van der Waals surface area contributed by atoms with E-state index < -0.39 is 0 Å². The monoisotopic (exact) mass is 422 g/mol. The summed E-state index contributed by atoms with van der Waals surface area (Å²) < 4.78 is 5.46. The maximum Gasteiger partial charge on any atom is 0.317 e. The zero-order valence-electron chi connectivity index (χ0n) is 18.4. The van der Waals surface area contributed by atoms with Gasteiger partial charge in [-0.3, -0.25) is 4.79 Å². The molecule has 0 saturated carbocycles. The fourth-order valence-corrected chi connectivity index (χ4v) is 4.25. The highest BCUT2D eigenvalue weighted by Crippen LogP contribution is 2.28. The number of rotatable bonds is 4. The van der Waals surface area contributed by atoms with Gasteiger partial charge in [0, 0.05) is 44.8 Å². The van der Waals surface area contributed by atoms with Crippen molar-refractivity contribution in [3.63, 3.8) is 0 Å². The number of piperazine rings is 1. The first kappa shape index (κ1) is 21.0. The molecule has 2 fully saturated rings. The van der Waals surface area contributed by atoms with E-state index in [2.05, 4.69) is 17.1 Å². The molecule has 0 spiro atoms. The van der Waals surface area contributed by atoms with Gasteiger partial charge in [-0.25, -0.2) is 4.79 Å². The van der Waals surface area contributed by atoms with Crippen LogP contribution in [0.1, 0.15) is 17.5 Å². The molecule has 2 aromatic rings. The van der Waals surface area contributed by atoms with Crippen molar-refractivity contribution in [1.82, 2.24) is 10.2 Å². The number of para-hydroxylation sites is 2. The summed E-state index contributed by atoms with van der Waals surface area (Å²) in [6, 6.07) is 13.7. The number of carbonyl (C=O) groups excluding carboxylic acids is 2. The van der Waals surface area contributed by atoms with Gasteiger partial charge < -0.3 is 24.8 Å². The Morgan fingerprint density at radius 1 is 1.03 bits per heavy atom. The van der Waals surface area contributed by atoms with Crippen LogP contribution in [-0.4, -0.2) is 62.7 Å². The maximum atomic E-state index is 12.8. The zero-order chi connectivity index (χ0) is 22.0. The minimum Gasteiger partial charge on any atom is -0.495 e. The fourth-order valence-electron chi connectivity index (χ4n) is 4.25. The number of amides is 3. The van der Waals surface area contributed by atoms with Gasteiger partial charge in [0.15, 0.2) is 0 Å². The average Bonchev–Trinajstić information content (AvgIpc) is 3.15. The van der Waals surface area contributed by atoms with Gasteiger partial charge in [-0.2, -0.15) is 0 Å². The smallest absolute Gasteiger partial charge is 0.317 e. The van der Waals surface area contributed by atoms with Crippen molar-refractivity contribution in [3.8, 4) is 5.75 Å². The van der Waals surface area contributed by atoms with Crippen LogP contribution in [-0.2, 0) is 4.79 Å². The molecule has 2 aliphatic heterocycles. The summed E-state index contributed by atoms with van der Waals surface area (Å²) >= 11 is 0. The highest BCUT2D eigenvalue weighted by Gasteiger charge is 2.33. The van der Waals surface area contributed by atoms with Crippen molar-refractivity contribution in [2.75, 3.05) is 49.6 Å². The molecule has 164 valence electrons. The van der Waals surface area contributed by atoms with Crippen molar-refractivity contribution in [1.29, 1.82) is 0 Å². The second-order valence-electron chi connectivity index (χ2n) is 8.27. The number of hydrogen-bond acceptors (Lipinski definition) is 4. The van der Waals surface area contributed by atoms with E-state index in [1.165, 1.54) is 5.56 Å². The lowest BCUT2D eigenvalue weighted by atomic mass is 10.1. The second-order valence-corrected chi connectivity index (χ2v) is 8.27. The van der Waals surface area contributed by atoms with Crippen molar-refractivity contribution in [2.45, 2.75) is 26.3 Å². The normalized spacial score (nSPS) is 19.0. The molecule has 1 unspecified atom stereocenters. The molecule has 0 aromatic heterocycles. The number of methoxy groups -OCH3 is 1. The van der Waals surface area contributed by atoms with Gasteiger partial charge >= 0.3 is 6.03 Å². The van der Waals surface area contributed by atoms with E-state index in [9.17, 15) is 9.59 Å². The lowest BCUT2D eigenvalue weighted by Gasteiger charge is -2.37. The third-order valence-electron chi connectivity index (χ3n) is 6.25. The maximum absolute atomic E-state index is 12.8. The molecule has 7 heteroatoms. The topological polar surface area (TPSA) is 65.1 Å². The third-order valence-corrected chi connectivity index (χ3v) is 6.25. The number of hydrogen-bond donors (Lipinski definition) is 1. The Kier molecular flexibility index (Phi) is 6.02. The molecule has 4 rings (SSSR count). The molecule has 0 aliphatic carbocycles. The molecule has 31 heavy (non-hydrogen) atoms. The van der Waals surface area contributed by atoms with Gasteiger partial charge in [0.2, 0.25) is 5.91 Å². The van der Waals surface area contributed by atoms with Crippen molar-refractivity contribution in [2.24, 2.45) is 0 Å². The molecule has 7 nitrogen and oxygen atoms in total. The predicted molar refractivity (Wildman–Crippen MR) is 122 cm³/mol. The van der Waals surface area contributed by atoms with E-state index in [4.69, 9.17) is 4.74 Å². The number of benzene rings is 2. The predicted octanol–water partition coefficient (Wildman–Crippen LogP) is 2.95. The summed E-state index contributed by atoms with van der Waals surface area (Å²) in [6.07, 6.45) is 0.333. The molecule has 2 aliphatic rings. The van der Waals surface area contributed by atoms with E-state index in [0.29, 0.717) is 26.1 Å². The van der Waals surface area contributed by atoms with Crippen LogP contribution in [0.5, 0.6) is 5.75 Å². The van der Waals surface area contributed by atoms with Crippen LogP contribution in [0.25, 0.3) is 0 Å². The summed E-state index contributed by atoms with van der Waals surface area (Å²) in [5, 5.41) is 3.06. The van der Waals surface area contributed by atoms with Gasteiger partial charge in [-0.1, -0.05) is 18.2 Å². The van der Waals surface area contributed by atoms with Crippen LogP contribution >= 0.6 is 0 Å². The largest absolute Gasteiger partial charge is 0.495 e. The van der Waals surface area contributed by atoms with Crippen LogP contribution in [0.2, 0.25) is 0 Å². The third kappa shape index (κ3) is 4.45. The number of nitrogens with zero attached hydrogens (tertiary/aromatic N) is 3. The number of urea groups is 1. The van der Waals surface area contributed by atoms with Crippen LogP contribution in [0, 0.1) is 13.8 Å². The summed E-state index contributed by atoms with van der Waals surface area (Å²) in [5.41, 5.74) is 4.31. The summed E-state index contributed by atoms with van der Waals surface area (Å²) in [5.74, 6) is 0.894. The summed E-state index contributed by atoms with van der Waals surface area (Å²) in [6.45, 7) is 7.36. The van der Waals surface area contributed by atoms with E-state index in [1.807, 2.05) is 54.3 Å². The molecule has 1 N–H and O–H groups in total. The Morgan fingerprint density at radius 3 is 2.48 bits per heavy atom. The van der Waals surface area contributed by atoms with Crippen LogP contribution in [0.4, 0.5) is 16.2 Å². The minimum absolute atomic E-state index is 0.0505. The van der Waals surface area contributed by atoms with Gasteiger partial charge in [0.1, 0.15) is 5.75 Å². The fraction of sp³-hybridized carbons (Fsp3) is 0.417. The van der Waals surface area contributed by atoms with Crippen LogP contribution < -0.4 is 19.9 Å². The van der Waals surface area contributed by atoms with Crippen molar-refractivity contribution < 1.29 is 14.3 Å². The molecule has 1 atom stereocenters. The van der Waals surface area contributed by atoms with Gasteiger partial charge in [0.25, 0.3) is 0 Å². The highest BCUT2D eigenvalue weighted by molar-refractivity contribution is 5.97. The average molecular weight is 423 g/mol. The Labute approximate surface area is 183 Å². The van der Waals surface area contributed by atoms with E-state index in [-0.39, 0.29) is 18.0 Å². The number of nitrogens with one attached hydrogen (secondary N) is 1. The van der Waals surface area contributed by atoms with Crippen LogP contribution in [0.3, 0.4) is 0 Å². The molecule has 0 radical (unpaired) electrons. The number of aryl methyl sites for hydroxylation is 2. The molecular formula is C24H30N4O3. The lowest BCUT2D eigenvalue weighted by Crippen LogP contribution is -2.54. The van der Waals surface area contributed by atoms with Crippen molar-refractivity contribution >= 4 is 23.3 Å². The first-order valence-electron chi connectivity index (χ1n) is 10.8. The number of ether oxygens (including phenoxy) is 1. The van der Waals surface area contributed by atoms with E-state index in [0.717, 1.165) is 35.8 Å². The first-order chi connectivity index (χ1) is 15.0. The zero-order valence-corrected chi connectivity index (χ0v) is 18.4. The summed E-state index contributed by atoms with van der Waals surface area (Å²) in [7, 11) is 1.67. The minimum atomic E-state index is -0.172. The second kappa shape index (κ2) is 8.88. The molecule has 2 aromatic carbocycles. The van der Waals surface area contributed by atoms with Gasteiger partial charge in [-0.15, -0.1) is 0 Å². The molecular weight excluding hydrogens is 392 g/mol. The quantitative estimate of drug-likeness (QED) is 0.823. The van der Waals surface area contributed by atoms with Gasteiger partial charge in [0.05, 0.1) is 18.8 Å². The Hall–Kier alpha value is -3.22. The SMILES string of the molecule is COc1ccccc1N1CCN(C(=O)NC2CC(=O)N(c3ccc(C)c(C)c3)C2)CC1. The molecule has 3 amide bonds. The lowest BCUT2D eigenvalue weighted by molar-refractivity contribution is -0.117. The van der Waals surface area contributed by atoms with Crippen molar-refractivity contribution in [3.05, 3.63) is 53.6 Å². The standard InChI is InChI=1S/C24H30N4O3/c1-17-8-9-20(14-18(17)2)28-16-19(15-23(28)29)25-24(30)27-12-10-26(11-13-27)21-6-4-5-7-22(21)31-3/h4-9,14,19H,10-13,15-16H2,1-3H3,(H,25,30). The molecule has 0 bridgehead atoms. The Bertz CT molecular complexity index is 969. The Balaban J connectivity index is 1.32. The van der Waals surface area contributed by atoms with E-state index in [1.54, 1.807) is 12.0 Å². The molecule has 2 heterocycles. The highest BCUT2D eigenvalue weighted by atomic mass is 16.5. The first-order valence-corrected chi connectivity index (χ1v) is 10.8.